The third kappa shape index (κ3) is 6.67. The number of nitrogens with one attached hydrogen (secondary N) is 2. The lowest BCUT2D eigenvalue weighted by atomic mass is 10.1. The zero-order chi connectivity index (χ0) is 13.5. The lowest BCUT2D eigenvalue weighted by Crippen LogP contribution is -2.51. The zero-order valence-electron chi connectivity index (χ0n) is 9.63. The topological polar surface area (TPSA) is 110 Å². The van der Waals surface area contributed by atoms with Crippen molar-refractivity contribution < 1.29 is 18.4 Å². The molecule has 0 saturated carbocycles. The Labute approximate surface area is 98.1 Å². The normalized spacial score (nSPS) is 12.9. The first-order valence-corrected chi connectivity index (χ1v) is 5.24. The summed E-state index contributed by atoms with van der Waals surface area (Å²) in [6.07, 6.45) is 0.925. The Balaban J connectivity index is 4.27. The first-order valence-electron chi connectivity index (χ1n) is 5.24. The van der Waals surface area contributed by atoms with Crippen molar-refractivity contribution in [3.05, 3.63) is 0 Å². The molecule has 0 heterocycles. The van der Waals surface area contributed by atoms with Crippen molar-refractivity contribution in [2.75, 3.05) is 13.1 Å². The van der Waals surface area contributed by atoms with E-state index in [0.717, 1.165) is 0 Å². The van der Waals surface area contributed by atoms with Gasteiger partial charge in [-0.05, 0) is 6.42 Å². The van der Waals surface area contributed by atoms with Crippen molar-refractivity contribution in [2.24, 2.45) is 11.5 Å². The maximum atomic E-state index is 12.8. The van der Waals surface area contributed by atoms with E-state index in [-0.39, 0.29) is 0 Å². The second kappa shape index (κ2) is 7.00. The summed E-state index contributed by atoms with van der Waals surface area (Å²) in [6, 6.07) is -1.77. The van der Waals surface area contributed by atoms with Gasteiger partial charge in [0.15, 0.2) is 0 Å². The molecule has 0 aromatic carbocycles. The Hall–Kier alpha value is -1.44. The van der Waals surface area contributed by atoms with Crippen LogP contribution in [0.3, 0.4) is 0 Å². The lowest BCUT2D eigenvalue weighted by Gasteiger charge is -2.19. The summed E-state index contributed by atoms with van der Waals surface area (Å²) in [7, 11) is 0. The van der Waals surface area contributed by atoms with E-state index in [4.69, 9.17) is 11.5 Å². The number of urea groups is 1. The summed E-state index contributed by atoms with van der Waals surface area (Å²) in [5.74, 6) is -3.85. The van der Waals surface area contributed by atoms with Crippen LogP contribution in [0.2, 0.25) is 0 Å². The van der Waals surface area contributed by atoms with Gasteiger partial charge in [0.1, 0.15) is 6.04 Å². The molecule has 17 heavy (non-hydrogen) atoms. The van der Waals surface area contributed by atoms with Crippen LogP contribution < -0.4 is 22.1 Å². The highest BCUT2D eigenvalue weighted by Gasteiger charge is 2.29. The quantitative estimate of drug-likeness (QED) is 0.491. The number of primary amides is 1. The van der Waals surface area contributed by atoms with Gasteiger partial charge in [0.2, 0.25) is 5.91 Å². The SMILES string of the molecule is CCC[C@@H](NC(N)=O)C(=O)NCC(F)(F)CN. The number of hydrogen-bond acceptors (Lipinski definition) is 3. The molecule has 0 spiro atoms. The Morgan fingerprint density at radius 2 is 2.00 bits per heavy atom. The Morgan fingerprint density at radius 1 is 1.41 bits per heavy atom. The van der Waals surface area contributed by atoms with Gasteiger partial charge in [-0.15, -0.1) is 0 Å². The summed E-state index contributed by atoms with van der Waals surface area (Å²) in [5, 5.41) is 4.21. The van der Waals surface area contributed by atoms with E-state index in [0.29, 0.717) is 12.8 Å². The average Bonchev–Trinajstić information content (AvgIpc) is 2.25. The van der Waals surface area contributed by atoms with Crippen LogP contribution in [-0.4, -0.2) is 37.0 Å². The fraction of sp³-hybridized carbons (Fsp3) is 0.778. The van der Waals surface area contributed by atoms with Gasteiger partial charge < -0.3 is 22.1 Å². The Kier molecular flexibility index (Phi) is 6.40. The predicted molar refractivity (Wildman–Crippen MR) is 58.4 cm³/mol. The third-order valence-electron chi connectivity index (χ3n) is 2.03. The molecule has 0 saturated heterocycles. The van der Waals surface area contributed by atoms with Gasteiger partial charge in [0.05, 0.1) is 13.1 Å². The van der Waals surface area contributed by atoms with Gasteiger partial charge in [0.25, 0.3) is 5.92 Å². The fourth-order valence-corrected chi connectivity index (χ4v) is 1.14. The van der Waals surface area contributed by atoms with Crippen molar-refractivity contribution in [2.45, 2.75) is 31.7 Å². The number of hydrogen-bond donors (Lipinski definition) is 4. The van der Waals surface area contributed by atoms with Gasteiger partial charge in [-0.1, -0.05) is 13.3 Å². The smallest absolute Gasteiger partial charge is 0.312 e. The van der Waals surface area contributed by atoms with E-state index in [9.17, 15) is 18.4 Å². The molecule has 0 fully saturated rings. The van der Waals surface area contributed by atoms with Gasteiger partial charge in [-0.3, -0.25) is 4.79 Å². The third-order valence-corrected chi connectivity index (χ3v) is 2.03. The highest BCUT2D eigenvalue weighted by atomic mass is 19.3. The number of rotatable bonds is 7. The highest BCUT2D eigenvalue weighted by molar-refractivity contribution is 5.86. The van der Waals surface area contributed by atoms with Crippen molar-refractivity contribution in [3.63, 3.8) is 0 Å². The fourth-order valence-electron chi connectivity index (χ4n) is 1.14. The highest BCUT2D eigenvalue weighted by Crippen LogP contribution is 2.09. The lowest BCUT2D eigenvalue weighted by molar-refractivity contribution is -0.124. The summed E-state index contributed by atoms with van der Waals surface area (Å²) in [5.41, 5.74) is 9.69. The minimum Gasteiger partial charge on any atom is -0.352 e. The number of amides is 3. The number of alkyl halides is 2. The van der Waals surface area contributed by atoms with Crippen LogP contribution in [0.4, 0.5) is 13.6 Å². The van der Waals surface area contributed by atoms with Gasteiger partial charge >= 0.3 is 6.03 Å². The molecule has 100 valence electrons. The molecule has 0 aromatic heterocycles. The molecule has 0 aliphatic rings. The molecule has 0 bridgehead atoms. The predicted octanol–water partition coefficient (Wildman–Crippen LogP) is -0.466. The van der Waals surface area contributed by atoms with Crippen molar-refractivity contribution in [1.82, 2.24) is 10.6 Å². The second-order valence-electron chi connectivity index (χ2n) is 3.63. The van der Waals surface area contributed by atoms with Crippen LogP contribution in [0.5, 0.6) is 0 Å². The molecule has 0 aromatic rings. The second-order valence-corrected chi connectivity index (χ2v) is 3.63. The maximum absolute atomic E-state index is 12.8. The van der Waals surface area contributed by atoms with E-state index in [2.05, 4.69) is 5.32 Å². The standard InChI is InChI=1S/C9H18F2N4O2/c1-2-3-6(15-8(13)17)7(16)14-5-9(10,11)4-12/h6H,2-5,12H2,1H3,(H,14,16)(H3,13,15,17)/t6-/m1/s1. The van der Waals surface area contributed by atoms with Crippen LogP contribution in [0.1, 0.15) is 19.8 Å². The van der Waals surface area contributed by atoms with Crippen molar-refractivity contribution >= 4 is 11.9 Å². The van der Waals surface area contributed by atoms with E-state index in [1.165, 1.54) is 0 Å². The molecular formula is C9H18F2N4O2. The molecule has 3 amide bonds. The summed E-state index contributed by atoms with van der Waals surface area (Å²) in [6.45, 7) is 0.0788. The van der Waals surface area contributed by atoms with Crippen LogP contribution in [0.15, 0.2) is 0 Å². The maximum Gasteiger partial charge on any atom is 0.312 e. The Bertz CT molecular complexity index is 274. The van der Waals surface area contributed by atoms with Gasteiger partial charge in [0, 0.05) is 0 Å². The van der Waals surface area contributed by atoms with Crippen LogP contribution in [-0.2, 0) is 4.79 Å². The molecule has 6 nitrogen and oxygen atoms in total. The van der Waals surface area contributed by atoms with E-state index < -0.39 is 37.0 Å². The van der Waals surface area contributed by atoms with Crippen LogP contribution in [0, 0.1) is 0 Å². The van der Waals surface area contributed by atoms with Gasteiger partial charge in [-0.25, -0.2) is 13.6 Å². The summed E-state index contributed by atoms with van der Waals surface area (Å²) >= 11 is 0. The van der Waals surface area contributed by atoms with Crippen LogP contribution >= 0.6 is 0 Å². The molecule has 8 heteroatoms. The molecule has 1 atom stereocenters. The molecule has 0 aliphatic heterocycles. The molecule has 0 unspecified atom stereocenters. The van der Waals surface area contributed by atoms with E-state index in [1.54, 1.807) is 6.92 Å². The minimum absolute atomic E-state index is 0.322. The minimum atomic E-state index is -3.15. The summed E-state index contributed by atoms with van der Waals surface area (Å²) in [4.78, 5) is 22.1. The molecule has 0 aliphatic carbocycles. The largest absolute Gasteiger partial charge is 0.352 e. The molecule has 0 radical (unpaired) electrons. The van der Waals surface area contributed by atoms with Gasteiger partial charge in [-0.2, -0.15) is 0 Å². The Morgan fingerprint density at radius 3 is 2.41 bits per heavy atom. The van der Waals surface area contributed by atoms with Crippen molar-refractivity contribution in [1.29, 1.82) is 0 Å². The average molecular weight is 252 g/mol. The van der Waals surface area contributed by atoms with E-state index in [1.807, 2.05) is 5.32 Å². The van der Waals surface area contributed by atoms with Crippen LogP contribution in [0.25, 0.3) is 0 Å². The number of carbonyl (C=O) groups excluding carboxylic acids is 2. The van der Waals surface area contributed by atoms with Crippen molar-refractivity contribution in [3.8, 4) is 0 Å². The number of halogens is 2. The first kappa shape index (κ1) is 15.6. The summed E-state index contributed by atoms with van der Waals surface area (Å²) < 4.78 is 25.5. The molecule has 6 N–H and O–H groups in total. The molecular weight excluding hydrogens is 234 g/mol. The zero-order valence-corrected chi connectivity index (χ0v) is 9.63. The monoisotopic (exact) mass is 252 g/mol. The molecule has 0 rings (SSSR count). The first-order chi connectivity index (χ1) is 7.82. The number of nitrogens with two attached hydrogens (primary N) is 2. The number of carbonyl (C=O) groups is 2. The van der Waals surface area contributed by atoms with E-state index >= 15 is 0 Å².